The summed E-state index contributed by atoms with van der Waals surface area (Å²) in [5.74, 6) is -1.31. The van der Waals surface area contributed by atoms with Gasteiger partial charge >= 0.3 is 0 Å². The largest absolute Gasteiger partial charge is 0.349 e. The molecule has 3 rings (SSSR count). The van der Waals surface area contributed by atoms with Gasteiger partial charge in [-0.2, -0.15) is 0 Å². The van der Waals surface area contributed by atoms with Crippen molar-refractivity contribution in [1.29, 1.82) is 0 Å². The predicted molar refractivity (Wildman–Crippen MR) is 98.5 cm³/mol. The Hall–Kier alpha value is -2.30. The molecule has 0 unspecified atom stereocenters. The second-order valence-corrected chi connectivity index (χ2v) is 8.92. The maximum Gasteiger partial charge on any atom is 0.256 e. The minimum absolute atomic E-state index is 0.0359. The zero-order chi connectivity index (χ0) is 19.6. The van der Waals surface area contributed by atoms with Crippen LogP contribution in [0.25, 0.3) is 0 Å². The first-order valence-electron chi connectivity index (χ1n) is 8.21. The number of hydrogen-bond acceptors (Lipinski definition) is 5. The summed E-state index contributed by atoms with van der Waals surface area (Å²) in [7, 11) is -3.83. The van der Waals surface area contributed by atoms with Crippen molar-refractivity contribution in [2.75, 3.05) is 13.1 Å². The fourth-order valence-corrected chi connectivity index (χ4v) is 4.47. The summed E-state index contributed by atoms with van der Waals surface area (Å²) in [5.41, 5.74) is 0.266. The third kappa shape index (κ3) is 4.52. The second kappa shape index (κ2) is 7.75. The maximum absolute atomic E-state index is 13.8. The number of halogens is 1. The molecule has 2 heterocycles. The fourth-order valence-electron chi connectivity index (χ4n) is 2.89. The molecule has 0 radical (unpaired) electrons. The van der Waals surface area contributed by atoms with Gasteiger partial charge in [0.1, 0.15) is 10.0 Å². The molecule has 0 bridgehead atoms. The number of thiophene rings is 1. The van der Waals surface area contributed by atoms with Gasteiger partial charge in [-0.05, 0) is 31.0 Å². The average Bonchev–Trinajstić information content (AvgIpc) is 3.13. The van der Waals surface area contributed by atoms with E-state index in [2.05, 4.69) is 5.32 Å². The number of primary sulfonamides is 1. The molecule has 7 nitrogen and oxygen atoms in total. The molecule has 0 atom stereocenters. The Morgan fingerprint density at radius 2 is 1.89 bits per heavy atom. The first-order chi connectivity index (χ1) is 12.8. The normalized spacial score (nSPS) is 15.6. The molecule has 1 aromatic carbocycles. The van der Waals surface area contributed by atoms with Crippen molar-refractivity contribution in [1.82, 2.24) is 10.2 Å². The van der Waals surface area contributed by atoms with Crippen LogP contribution in [-0.4, -0.2) is 44.3 Å². The Kier molecular flexibility index (Phi) is 5.59. The topological polar surface area (TPSA) is 110 Å². The summed E-state index contributed by atoms with van der Waals surface area (Å²) in [4.78, 5) is 26.2. The van der Waals surface area contributed by atoms with Crippen LogP contribution in [0.5, 0.6) is 0 Å². The molecule has 144 valence electrons. The van der Waals surface area contributed by atoms with Crippen LogP contribution in [0.15, 0.2) is 39.9 Å². The molecular formula is C17H18FN3O4S2. The van der Waals surface area contributed by atoms with E-state index in [1.165, 1.54) is 29.6 Å². The number of amides is 2. The van der Waals surface area contributed by atoms with Crippen LogP contribution in [0.1, 0.15) is 33.6 Å². The van der Waals surface area contributed by atoms with E-state index in [1.54, 1.807) is 11.0 Å². The van der Waals surface area contributed by atoms with Crippen molar-refractivity contribution in [3.63, 3.8) is 0 Å². The molecule has 0 saturated carbocycles. The van der Waals surface area contributed by atoms with E-state index in [9.17, 15) is 22.4 Å². The highest BCUT2D eigenvalue weighted by molar-refractivity contribution is 7.91. The smallest absolute Gasteiger partial charge is 0.256 e. The Bertz CT molecular complexity index is 966. The van der Waals surface area contributed by atoms with Crippen molar-refractivity contribution in [3.8, 4) is 0 Å². The van der Waals surface area contributed by atoms with E-state index < -0.39 is 15.8 Å². The van der Waals surface area contributed by atoms with Crippen LogP contribution < -0.4 is 10.5 Å². The first kappa shape index (κ1) is 19.5. The maximum atomic E-state index is 13.8. The van der Waals surface area contributed by atoms with E-state index in [-0.39, 0.29) is 33.2 Å². The van der Waals surface area contributed by atoms with Crippen LogP contribution in [0, 0.1) is 5.82 Å². The van der Waals surface area contributed by atoms with Gasteiger partial charge in [0.05, 0.1) is 11.1 Å². The molecule has 27 heavy (non-hydrogen) atoms. The lowest BCUT2D eigenvalue weighted by atomic mass is 10.0. The first-order valence-corrected chi connectivity index (χ1v) is 10.6. The monoisotopic (exact) mass is 411 g/mol. The van der Waals surface area contributed by atoms with Gasteiger partial charge in [0.2, 0.25) is 10.0 Å². The SMILES string of the molecule is NS(=O)(=O)c1cc(C(=O)NC2CCN(C(=O)c3ccccc3F)CC2)cs1. The number of benzene rings is 1. The summed E-state index contributed by atoms with van der Waals surface area (Å²) in [5, 5.41) is 9.31. The van der Waals surface area contributed by atoms with Crippen LogP contribution >= 0.6 is 11.3 Å². The van der Waals surface area contributed by atoms with Gasteiger partial charge < -0.3 is 10.2 Å². The fraction of sp³-hybridized carbons (Fsp3) is 0.294. The molecule has 1 aliphatic rings. The van der Waals surface area contributed by atoms with Crippen molar-refractivity contribution in [2.45, 2.75) is 23.1 Å². The molecule has 2 aromatic rings. The molecule has 1 fully saturated rings. The van der Waals surface area contributed by atoms with Gasteiger partial charge in [-0.1, -0.05) is 12.1 Å². The average molecular weight is 411 g/mol. The minimum atomic E-state index is -3.83. The van der Waals surface area contributed by atoms with Crippen LogP contribution in [-0.2, 0) is 10.0 Å². The summed E-state index contributed by atoms with van der Waals surface area (Å²) in [6.07, 6.45) is 1.05. The number of sulfonamides is 1. The Morgan fingerprint density at radius 3 is 2.48 bits per heavy atom. The number of nitrogens with zero attached hydrogens (tertiary/aromatic N) is 1. The van der Waals surface area contributed by atoms with Crippen molar-refractivity contribution >= 4 is 33.2 Å². The number of nitrogens with two attached hydrogens (primary N) is 1. The summed E-state index contributed by atoms with van der Waals surface area (Å²) in [6, 6.07) is 6.92. The summed E-state index contributed by atoms with van der Waals surface area (Å²) < 4.78 is 36.3. The van der Waals surface area contributed by atoms with Crippen LogP contribution in [0.4, 0.5) is 4.39 Å². The zero-order valence-electron chi connectivity index (χ0n) is 14.2. The van der Waals surface area contributed by atoms with Gasteiger partial charge in [-0.3, -0.25) is 9.59 Å². The summed E-state index contributed by atoms with van der Waals surface area (Å²) >= 11 is 0.888. The second-order valence-electron chi connectivity index (χ2n) is 6.22. The van der Waals surface area contributed by atoms with Crippen LogP contribution in [0.3, 0.4) is 0 Å². The molecule has 0 spiro atoms. The van der Waals surface area contributed by atoms with Crippen LogP contribution in [0.2, 0.25) is 0 Å². The molecule has 1 aromatic heterocycles. The zero-order valence-corrected chi connectivity index (χ0v) is 15.9. The molecule has 3 N–H and O–H groups in total. The number of nitrogens with one attached hydrogen (secondary N) is 1. The lowest BCUT2D eigenvalue weighted by Gasteiger charge is -2.32. The molecule has 2 amide bonds. The standard InChI is InChI=1S/C17H18FN3O4S2/c18-14-4-2-1-3-13(14)17(23)21-7-5-12(6-8-21)20-16(22)11-9-15(26-10-11)27(19,24)25/h1-4,9-10,12H,5-8H2,(H,20,22)(H2,19,24,25). The summed E-state index contributed by atoms with van der Waals surface area (Å²) in [6.45, 7) is 0.786. The Morgan fingerprint density at radius 1 is 1.22 bits per heavy atom. The lowest BCUT2D eigenvalue weighted by Crippen LogP contribution is -2.46. The Labute approximate surface area is 160 Å². The highest BCUT2D eigenvalue weighted by Crippen LogP contribution is 2.20. The van der Waals surface area contributed by atoms with Gasteiger partial charge in [0.25, 0.3) is 11.8 Å². The van der Waals surface area contributed by atoms with Gasteiger partial charge in [-0.15, -0.1) is 11.3 Å². The molecular weight excluding hydrogens is 393 g/mol. The van der Waals surface area contributed by atoms with Crippen molar-refractivity contribution < 1.29 is 22.4 Å². The van der Waals surface area contributed by atoms with E-state index in [1.807, 2.05) is 0 Å². The van der Waals surface area contributed by atoms with E-state index in [4.69, 9.17) is 5.14 Å². The van der Waals surface area contributed by atoms with E-state index >= 15 is 0 Å². The third-order valence-electron chi connectivity index (χ3n) is 4.34. The number of rotatable bonds is 4. The number of hydrogen-bond donors (Lipinski definition) is 2. The van der Waals surface area contributed by atoms with Crippen molar-refractivity contribution in [3.05, 3.63) is 52.7 Å². The van der Waals surface area contributed by atoms with E-state index in [0.29, 0.717) is 25.9 Å². The number of carbonyl (C=O) groups excluding carboxylic acids is 2. The highest BCUT2D eigenvalue weighted by Gasteiger charge is 2.26. The lowest BCUT2D eigenvalue weighted by molar-refractivity contribution is 0.0693. The molecule has 1 saturated heterocycles. The van der Waals surface area contributed by atoms with E-state index in [0.717, 1.165) is 11.3 Å². The number of likely N-dealkylation sites (tertiary alicyclic amines) is 1. The van der Waals surface area contributed by atoms with Gasteiger partial charge in [0, 0.05) is 24.5 Å². The molecule has 0 aliphatic carbocycles. The van der Waals surface area contributed by atoms with Gasteiger partial charge in [-0.25, -0.2) is 17.9 Å². The number of piperidine rings is 1. The molecule has 10 heteroatoms. The minimum Gasteiger partial charge on any atom is -0.349 e. The third-order valence-corrected chi connectivity index (χ3v) is 6.73. The quantitative estimate of drug-likeness (QED) is 0.796. The highest BCUT2D eigenvalue weighted by atomic mass is 32.2. The van der Waals surface area contributed by atoms with Crippen molar-refractivity contribution in [2.24, 2.45) is 5.14 Å². The Balaban J connectivity index is 1.56. The van der Waals surface area contributed by atoms with Gasteiger partial charge in [0.15, 0.2) is 0 Å². The predicted octanol–water partition coefficient (Wildman–Crippen LogP) is 1.57. The molecule has 1 aliphatic heterocycles. The number of carbonyl (C=O) groups is 2.